The third-order valence-corrected chi connectivity index (χ3v) is 5.56. The number of hydrogen-bond donors (Lipinski definition) is 2. The topological polar surface area (TPSA) is 79.0 Å². The summed E-state index contributed by atoms with van der Waals surface area (Å²) in [6.07, 6.45) is 0. The van der Waals surface area contributed by atoms with Crippen LogP contribution in [0.25, 0.3) is 10.9 Å². The van der Waals surface area contributed by atoms with Crippen molar-refractivity contribution in [2.24, 2.45) is 0 Å². The second-order valence-electron chi connectivity index (χ2n) is 6.26. The molecule has 0 saturated heterocycles. The lowest BCUT2D eigenvalue weighted by atomic mass is 10.0. The van der Waals surface area contributed by atoms with Crippen LogP contribution < -0.4 is 10.3 Å². The van der Waals surface area contributed by atoms with Crippen molar-refractivity contribution in [3.05, 3.63) is 76.1 Å². The SMILES string of the molecule is CC(C)c1ccc(S(=O)(=O)NCc2cc3ccccc3[nH]c2=O)cc1. The molecule has 0 aliphatic rings. The molecule has 130 valence electrons. The van der Waals surface area contributed by atoms with Gasteiger partial charge < -0.3 is 4.98 Å². The smallest absolute Gasteiger partial charge is 0.252 e. The van der Waals surface area contributed by atoms with Gasteiger partial charge in [0, 0.05) is 17.6 Å². The highest BCUT2D eigenvalue weighted by molar-refractivity contribution is 7.89. The van der Waals surface area contributed by atoms with E-state index in [1.165, 1.54) is 0 Å². The molecule has 0 aliphatic heterocycles. The predicted molar refractivity (Wildman–Crippen MR) is 99.1 cm³/mol. The van der Waals surface area contributed by atoms with Crippen LogP contribution in [0.5, 0.6) is 0 Å². The summed E-state index contributed by atoms with van der Waals surface area (Å²) in [7, 11) is -3.67. The number of sulfonamides is 1. The van der Waals surface area contributed by atoms with E-state index >= 15 is 0 Å². The molecular formula is C19H20N2O3S. The largest absolute Gasteiger partial charge is 0.322 e. The number of pyridine rings is 1. The van der Waals surface area contributed by atoms with E-state index in [1.54, 1.807) is 24.3 Å². The van der Waals surface area contributed by atoms with Gasteiger partial charge in [-0.2, -0.15) is 0 Å². The molecule has 0 radical (unpaired) electrons. The summed E-state index contributed by atoms with van der Waals surface area (Å²) in [6, 6.07) is 15.9. The van der Waals surface area contributed by atoms with Crippen LogP contribution in [0.4, 0.5) is 0 Å². The molecule has 6 heteroatoms. The van der Waals surface area contributed by atoms with Crippen LogP contribution in [0.3, 0.4) is 0 Å². The molecule has 0 amide bonds. The van der Waals surface area contributed by atoms with Crippen LogP contribution in [0, 0.1) is 0 Å². The maximum atomic E-state index is 12.4. The summed E-state index contributed by atoms with van der Waals surface area (Å²) >= 11 is 0. The van der Waals surface area contributed by atoms with Gasteiger partial charge >= 0.3 is 0 Å². The molecule has 2 aromatic carbocycles. The molecule has 0 aliphatic carbocycles. The Morgan fingerprint density at radius 1 is 1.04 bits per heavy atom. The first-order valence-corrected chi connectivity index (χ1v) is 9.56. The maximum Gasteiger partial charge on any atom is 0.252 e. The number of hydrogen-bond acceptors (Lipinski definition) is 3. The number of aromatic amines is 1. The first kappa shape index (κ1) is 17.4. The Bertz CT molecular complexity index is 1050. The first-order chi connectivity index (χ1) is 11.9. The van der Waals surface area contributed by atoms with Gasteiger partial charge in [0.1, 0.15) is 0 Å². The highest BCUT2D eigenvalue weighted by Gasteiger charge is 2.15. The first-order valence-electron chi connectivity index (χ1n) is 8.07. The highest BCUT2D eigenvalue weighted by Crippen LogP contribution is 2.17. The average molecular weight is 356 g/mol. The van der Waals surface area contributed by atoms with Gasteiger partial charge in [0.05, 0.1) is 4.90 Å². The van der Waals surface area contributed by atoms with Crippen molar-refractivity contribution in [1.82, 2.24) is 9.71 Å². The van der Waals surface area contributed by atoms with Crippen molar-refractivity contribution in [3.8, 4) is 0 Å². The van der Waals surface area contributed by atoms with Gasteiger partial charge in [-0.1, -0.05) is 44.2 Å². The molecule has 0 bridgehead atoms. The van der Waals surface area contributed by atoms with Crippen molar-refractivity contribution in [1.29, 1.82) is 0 Å². The number of benzene rings is 2. The maximum absolute atomic E-state index is 12.4. The van der Waals surface area contributed by atoms with Crippen molar-refractivity contribution in [3.63, 3.8) is 0 Å². The molecule has 2 N–H and O–H groups in total. The monoisotopic (exact) mass is 356 g/mol. The fraction of sp³-hybridized carbons (Fsp3) is 0.211. The molecule has 1 heterocycles. The minimum Gasteiger partial charge on any atom is -0.322 e. The zero-order valence-electron chi connectivity index (χ0n) is 14.1. The van der Waals surface area contributed by atoms with E-state index in [0.717, 1.165) is 16.5 Å². The number of aromatic nitrogens is 1. The number of H-pyrrole nitrogens is 1. The summed E-state index contributed by atoms with van der Waals surface area (Å²) in [6.45, 7) is 4.04. The molecule has 25 heavy (non-hydrogen) atoms. The van der Waals surface area contributed by atoms with E-state index in [-0.39, 0.29) is 17.0 Å². The summed E-state index contributed by atoms with van der Waals surface area (Å²) in [4.78, 5) is 15.1. The van der Waals surface area contributed by atoms with Crippen LogP contribution in [-0.2, 0) is 16.6 Å². The Hall–Kier alpha value is -2.44. The summed E-state index contributed by atoms with van der Waals surface area (Å²) < 4.78 is 27.4. The Labute approximate surface area is 146 Å². The van der Waals surface area contributed by atoms with E-state index < -0.39 is 10.0 Å². The Morgan fingerprint density at radius 3 is 2.40 bits per heavy atom. The van der Waals surface area contributed by atoms with Gasteiger partial charge in [-0.25, -0.2) is 13.1 Å². The van der Waals surface area contributed by atoms with Gasteiger partial charge in [-0.15, -0.1) is 0 Å². The van der Waals surface area contributed by atoms with Crippen molar-refractivity contribution in [2.75, 3.05) is 0 Å². The molecule has 0 fully saturated rings. The fourth-order valence-electron chi connectivity index (χ4n) is 2.61. The highest BCUT2D eigenvalue weighted by atomic mass is 32.2. The van der Waals surface area contributed by atoms with Crippen molar-refractivity contribution < 1.29 is 8.42 Å². The lowest BCUT2D eigenvalue weighted by Gasteiger charge is -2.09. The molecule has 5 nitrogen and oxygen atoms in total. The van der Waals surface area contributed by atoms with Gasteiger partial charge in [-0.3, -0.25) is 4.79 Å². The Kier molecular flexibility index (Phi) is 4.74. The average Bonchev–Trinajstić information content (AvgIpc) is 2.60. The Morgan fingerprint density at radius 2 is 1.72 bits per heavy atom. The van der Waals surface area contributed by atoms with Gasteiger partial charge in [0.15, 0.2) is 0 Å². The lowest BCUT2D eigenvalue weighted by molar-refractivity contribution is 0.581. The molecule has 0 spiro atoms. The van der Waals surface area contributed by atoms with Gasteiger partial charge in [-0.05, 0) is 41.1 Å². The number of nitrogens with one attached hydrogen (secondary N) is 2. The van der Waals surface area contributed by atoms with Crippen LogP contribution in [0.15, 0.2) is 64.3 Å². The molecular weight excluding hydrogens is 336 g/mol. The van der Waals surface area contributed by atoms with Gasteiger partial charge in [0.2, 0.25) is 10.0 Å². The standard InChI is InChI=1S/C19H20N2O3S/c1-13(2)14-7-9-17(10-8-14)25(23,24)20-12-16-11-15-5-3-4-6-18(15)21-19(16)22/h3-11,13,20H,12H2,1-2H3,(H,21,22). The summed E-state index contributed by atoms with van der Waals surface area (Å²) in [5, 5.41) is 0.859. The minimum absolute atomic E-state index is 0.0611. The van der Waals surface area contributed by atoms with Gasteiger partial charge in [0.25, 0.3) is 5.56 Å². The molecule has 0 saturated carbocycles. The zero-order chi connectivity index (χ0) is 18.0. The van der Waals surface area contributed by atoms with Crippen LogP contribution >= 0.6 is 0 Å². The van der Waals surface area contributed by atoms with Crippen molar-refractivity contribution >= 4 is 20.9 Å². The molecule has 0 unspecified atom stereocenters. The molecule has 3 aromatic rings. The third kappa shape index (κ3) is 3.81. The Balaban J connectivity index is 1.82. The molecule has 0 atom stereocenters. The number of para-hydroxylation sites is 1. The molecule has 1 aromatic heterocycles. The predicted octanol–water partition coefficient (Wildman–Crippen LogP) is 3.13. The summed E-state index contributed by atoms with van der Waals surface area (Å²) in [5.41, 5.74) is 1.88. The molecule has 3 rings (SSSR count). The minimum atomic E-state index is -3.67. The zero-order valence-corrected chi connectivity index (χ0v) is 14.9. The van der Waals surface area contributed by atoms with E-state index in [2.05, 4.69) is 9.71 Å². The normalized spacial score (nSPS) is 12.0. The van der Waals surface area contributed by atoms with E-state index in [9.17, 15) is 13.2 Å². The van der Waals surface area contributed by atoms with E-state index in [0.29, 0.717) is 11.5 Å². The quantitative estimate of drug-likeness (QED) is 0.737. The fourth-order valence-corrected chi connectivity index (χ4v) is 3.62. The van der Waals surface area contributed by atoms with E-state index in [4.69, 9.17) is 0 Å². The van der Waals surface area contributed by atoms with E-state index in [1.807, 2.05) is 44.2 Å². The van der Waals surface area contributed by atoms with Crippen LogP contribution in [-0.4, -0.2) is 13.4 Å². The van der Waals surface area contributed by atoms with Crippen LogP contribution in [0.1, 0.15) is 30.9 Å². The number of rotatable bonds is 5. The van der Waals surface area contributed by atoms with Crippen molar-refractivity contribution in [2.45, 2.75) is 31.2 Å². The van der Waals surface area contributed by atoms with Crippen LogP contribution in [0.2, 0.25) is 0 Å². The third-order valence-electron chi connectivity index (χ3n) is 4.14. The second kappa shape index (κ2) is 6.82. The second-order valence-corrected chi connectivity index (χ2v) is 8.03. The lowest BCUT2D eigenvalue weighted by Crippen LogP contribution is -2.27. The summed E-state index contributed by atoms with van der Waals surface area (Å²) in [5.74, 6) is 0.334. The number of fused-ring (bicyclic) bond motifs is 1.